The number of aromatic nitrogens is 4. The van der Waals surface area contributed by atoms with Gasteiger partial charge in [-0.25, -0.2) is 23.7 Å². The molecule has 4 aromatic rings. The predicted molar refractivity (Wildman–Crippen MR) is 269 cm³/mol. The number of imidazole rings is 1. The standard InChI is InChI=1S/C55H65F2N11O5/c1-32(2)67-31-59-42-27-41(61-48(47(42)67)60-36-8-9-36)34-6-11-40-43(24-34)68(38-25-37(26-38)63-18-4-3-5-19-63)51(72)53(40)16-22-65(23-17-53)52(73)54-30-66(29-44(54)55(54,56)57)50(71)33-14-20-64(21-15-33)45-12-7-35(28-58-45)39-10-13-46(69)62-49(39)70/h6-7,11-12,24,27-28,31-33,36-39,44H,3-5,8-10,13-23,25-26,29-30H2,1-2H3,(H,60,61)(H,62,69,70). The summed E-state index contributed by atoms with van der Waals surface area (Å²) in [4.78, 5) is 92.4. The van der Waals surface area contributed by atoms with Crippen LogP contribution in [0.1, 0.15) is 120 Å². The van der Waals surface area contributed by atoms with Crippen molar-refractivity contribution in [2.24, 2.45) is 17.3 Å². The summed E-state index contributed by atoms with van der Waals surface area (Å²) in [6.07, 6.45) is 13.6. The van der Waals surface area contributed by atoms with E-state index >= 15 is 13.6 Å². The Hall–Kier alpha value is -6.04. The van der Waals surface area contributed by atoms with Crippen LogP contribution in [0.3, 0.4) is 0 Å². The average molecular weight is 998 g/mol. The molecule has 5 amide bonds. The first-order chi connectivity index (χ1) is 35.2. The van der Waals surface area contributed by atoms with Gasteiger partial charge in [-0.1, -0.05) is 24.6 Å². The molecule has 16 nitrogen and oxygen atoms in total. The summed E-state index contributed by atoms with van der Waals surface area (Å²) in [5.41, 5.74) is 3.24. The molecule has 13 rings (SSSR count). The lowest BCUT2D eigenvalue weighted by Crippen LogP contribution is -2.59. The maximum absolute atomic E-state index is 16.0. The topological polar surface area (TPSA) is 169 Å². The van der Waals surface area contributed by atoms with Crippen molar-refractivity contribution in [1.82, 2.24) is 39.5 Å². The molecule has 1 aromatic carbocycles. The molecule has 384 valence electrons. The molecule has 1 spiro atoms. The zero-order valence-electron chi connectivity index (χ0n) is 41.8. The number of carbonyl (C=O) groups excluding carboxylic acids is 5. The van der Waals surface area contributed by atoms with E-state index in [1.807, 2.05) is 24.5 Å². The second-order valence-corrected chi connectivity index (χ2v) is 23.1. The minimum Gasteiger partial charge on any atom is -0.366 e. The van der Waals surface area contributed by atoms with E-state index in [2.05, 4.69) is 66.9 Å². The smallest absolute Gasteiger partial charge is 0.270 e. The summed E-state index contributed by atoms with van der Waals surface area (Å²) < 4.78 is 34.1. The number of benzene rings is 1. The van der Waals surface area contributed by atoms with Crippen LogP contribution in [-0.2, 0) is 29.4 Å². The first kappa shape index (κ1) is 46.7. The highest BCUT2D eigenvalue weighted by atomic mass is 19.3. The Balaban J connectivity index is 0.705. The maximum Gasteiger partial charge on any atom is 0.270 e. The number of carbonyl (C=O) groups is 5. The predicted octanol–water partition coefficient (Wildman–Crippen LogP) is 6.40. The van der Waals surface area contributed by atoms with E-state index in [1.165, 1.54) is 24.2 Å². The molecule has 0 bridgehead atoms. The number of piperidine rings is 5. The third kappa shape index (κ3) is 7.48. The summed E-state index contributed by atoms with van der Waals surface area (Å²) in [7, 11) is 0. The van der Waals surface area contributed by atoms with Gasteiger partial charge in [0.05, 0.1) is 34.8 Å². The summed E-state index contributed by atoms with van der Waals surface area (Å²) in [5, 5.41) is 6.06. The second-order valence-electron chi connectivity index (χ2n) is 23.1. The van der Waals surface area contributed by atoms with Crippen LogP contribution < -0.4 is 20.4 Å². The number of pyridine rings is 2. The van der Waals surface area contributed by atoms with Crippen LogP contribution in [-0.4, -0.2) is 140 Å². The summed E-state index contributed by atoms with van der Waals surface area (Å²) in [6.45, 7) is 7.45. The fourth-order valence-corrected chi connectivity index (χ4v) is 14.0. The van der Waals surface area contributed by atoms with Gasteiger partial charge in [0.25, 0.3) is 5.92 Å². The second kappa shape index (κ2) is 17.3. The van der Waals surface area contributed by atoms with Gasteiger partial charge in [0.2, 0.25) is 29.5 Å². The molecule has 3 saturated carbocycles. The molecular weight excluding hydrogens is 933 g/mol. The Morgan fingerprint density at radius 3 is 2.32 bits per heavy atom. The third-order valence-electron chi connectivity index (χ3n) is 18.6. The van der Waals surface area contributed by atoms with E-state index in [-0.39, 0.29) is 74.2 Å². The monoisotopic (exact) mass is 998 g/mol. The molecule has 2 N–H and O–H groups in total. The molecule has 3 aliphatic carbocycles. The SMILES string of the molecule is CC(C)n1cnc2cc(-c3ccc4c(c3)N(C3CC(N5CCCCC5)C3)C(=O)C43CCN(C(=O)C45CN(C(=O)C6CCN(c7ccc(C8CCC(=O)NC8=O)cn7)CC6)CC4C5(F)F)CC3)nc(NC3CC3)c21. The zero-order valence-corrected chi connectivity index (χ0v) is 41.8. The van der Waals surface area contributed by atoms with Crippen LogP contribution in [0.5, 0.6) is 0 Å². The van der Waals surface area contributed by atoms with E-state index in [0.29, 0.717) is 57.3 Å². The van der Waals surface area contributed by atoms with Gasteiger partial charge >= 0.3 is 0 Å². The molecule has 3 unspecified atom stereocenters. The lowest BCUT2D eigenvalue weighted by Gasteiger charge is -2.48. The number of alkyl halides is 2. The number of nitrogens with zero attached hydrogens (tertiary/aromatic N) is 9. The van der Waals surface area contributed by atoms with E-state index in [0.717, 1.165) is 89.5 Å². The van der Waals surface area contributed by atoms with Crippen LogP contribution in [0.15, 0.2) is 48.9 Å². The van der Waals surface area contributed by atoms with Gasteiger partial charge in [-0.2, -0.15) is 0 Å². The first-order valence-electron chi connectivity index (χ1n) is 27.1. The number of rotatable bonds is 10. The van der Waals surface area contributed by atoms with Gasteiger partial charge in [0, 0.05) is 93.2 Å². The Morgan fingerprint density at radius 1 is 0.849 bits per heavy atom. The number of anilines is 3. The van der Waals surface area contributed by atoms with Crippen LogP contribution in [0, 0.1) is 17.3 Å². The van der Waals surface area contributed by atoms with Crippen molar-refractivity contribution < 1.29 is 32.8 Å². The number of hydrogen-bond acceptors (Lipinski definition) is 11. The fourth-order valence-electron chi connectivity index (χ4n) is 14.0. The molecule has 3 aromatic heterocycles. The molecule has 8 fully saturated rings. The van der Waals surface area contributed by atoms with Crippen molar-refractivity contribution in [3.05, 3.63) is 60.0 Å². The van der Waals surface area contributed by atoms with Gasteiger partial charge in [0.15, 0.2) is 5.82 Å². The molecule has 3 atom stereocenters. The van der Waals surface area contributed by atoms with Crippen molar-refractivity contribution in [3.63, 3.8) is 0 Å². The average Bonchev–Trinajstić information content (AvgIpc) is 4.10. The molecule has 9 aliphatic rings. The maximum atomic E-state index is 16.0. The highest BCUT2D eigenvalue weighted by Crippen LogP contribution is 2.70. The molecule has 9 heterocycles. The lowest BCUT2D eigenvalue weighted by molar-refractivity contribution is -0.147. The summed E-state index contributed by atoms with van der Waals surface area (Å²) in [6, 6.07) is 13.1. The van der Waals surface area contributed by atoms with Gasteiger partial charge in [0.1, 0.15) is 16.7 Å². The Bertz CT molecular complexity index is 2910. The molecule has 18 heteroatoms. The van der Waals surface area contributed by atoms with Crippen LogP contribution >= 0.6 is 0 Å². The number of amides is 5. The van der Waals surface area contributed by atoms with Crippen molar-refractivity contribution in [3.8, 4) is 11.3 Å². The van der Waals surface area contributed by atoms with E-state index in [4.69, 9.17) is 9.97 Å². The molecule has 5 saturated heterocycles. The van der Waals surface area contributed by atoms with Crippen molar-refractivity contribution in [2.75, 3.05) is 67.5 Å². The van der Waals surface area contributed by atoms with Gasteiger partial charge in [-0.15, -0.1) is 0 Å². The Labute approximate surface area is 423 Å². The number of hydrogen-bond donors (Lipinski definition) is 2. The van der Waals surface area contributed by atoms with Gasteiger partial charge in [-0.3, -0.25) is 29.3 Å². The minimum absolute atomic E-state index is 0.0332. The number of halogens is 2. The van der Waals surface area contributed by atoms with Crippen molar-refractivity contribution in [1.29, 1.82) is 0 Å². The molecular formula is C55H65F2N11O5. The van der Waals surface area contributed by atoms with Crippen molar-refractivity contribution in [2.45, 2.75) is 139 Å². The minimum atomic E-state index is -3.22. The number of fused-ring (bicyclic) bond motifs is 4. The van der Waals surface area contributed by atoms with E-state index in [1.54, 1.807) is 11.1 Å². The summed E-state index contributed by atoms with van der Waals surface area (Å²) >= 11 is 0. The quantitative estimate of drug-likeness (QED) is 0.169. The molecule has 73 heavy (non-hydrogen) atoms. The number of likely N-dealkylation sites (tertiary alicyclic amines) is 3. The third-order valence-corrected chi connectivity index (χ3v) is 18.6. The van der Waals surface area contributed by atoms with Crippen molar-refractivity contribution >= 4 is 57.9 Å². The van der Waals surface area contributed by atoms with Crippen LogP contribution in [0.2, 0.25) is 0 Å². The van der Waals surface area contributed by atoms with Gasteiger partial charge in [-0.05, 0) is 127 Å². The normalized spacial score (nSPS) is 28.9. The number of imide groups is 1. The fraction of sp³-hybridized carbons (Fsp3) is 0.600. The van der Waals surface area contributed by atoms with Crippen LogP contribution in [0.4, 0.5) is 26.1 Å². The Kier molecular flexibility index (Phi) is 11.1. The van der Waals surface area contributed by atoms with Gasteiger partial charge < -0.3 is 34.4 Å². The van der Waals surface area contributed by atoms with E-state index < -0.39 is 34.5 Å². The Morgan fingerprint density at radius 2 is 1.62 bits per heavy atom. The number of nitrogens with one attached hydrogen (secondary N) is 2. The highest BCUT2D eigenvalue weighted by Gasteiger charge is 2.88. The summed E-state index contributed by atoms with van der Waals surface area (Å²) in [5.74, 6) is -5.04. The van der Waals surface area contributed by atoms with E-state index in [9.17, 15) is 19.2 Å². The first-order valence-corrected chi connectivity index (χ1v) is 27.1. The lowest BCUT2D eigenvalue weighted by atomic mass is 9.73. The highest BCUT2D eigenvalue weighted by molar-refractivity contribution is 6.10. The molecule has 0 radical (unpaired) electrons. The molecule has 6 aliphatic heterocycles. The van der Waals surface area contributed by atoms with Crippen LogP contribution in [0.25, 0.3) is 22.3 Å². The zero-order chi connectivity index (χ0) is 50.1. The largest absolute Gasteiger partial charge is 0.366 e.